The first-order valence-electron chi connectivity index (χ1n) is 10.1. The molecule has 0 radical (unpaired) electrons. The average molecular weight is 459 g/mol. The van der Waals surface area contributed by atoms with Crippen LogP contribution in [0.25, 0.3) is 0 Å². The predicted octanol–water partition coefficient (Wildman–Crippen LogP) is 5.83. The smallest absolute Gasteiger partial charge is 0.326 e. The number of carboxylic acids is 1. The molecular formula is C24H24Cl2N2O3. The van der Waals surface area contributed by atoms with Crippen molar-refractivity contribution < 1.29 is 14.7 Å². The third kappa shape index (κ3) is 4.56. The summed E-state index contributed by atoms with van der Waals surface area (Å²) in [4.78, 5) is 27.3. The molecule has 31 heavy (non-hydrogen) atoms. The number of hydrogen-bond donors (Lipinski definition) is 1. The van der Waals surface area contributed by atoms with E-state index in [1.807, 2.05) is 30.3 Å². The van der Waals surface area contributed by atoms with E-state index in [0.717, 1.165) is 11.1 Å². The number of piperidine rings is 1. The molecule has 1 aliphatic rings. The predicted molar refractivity (Wildman–Crippen MR) is 120 cm³/mol. The van der Waals surface area contributed by atoms with E-state index < -0.39 is 23.5 Å². The Hall–Kier alpha value is -2.55. The largest absolute Gasteiger partial charge is 0.480 e. The molecule has 0 aliphatic carbocycles. The van der Waals surface area contributed by atoms with Crippen molar-refractivity contribution >= 4 is 35.1 Å². The van der Waals surface area contributed by atoms with Crippen LogP contribution in [0.1, 0.15) is 56.2 Å². The van der Waals surface area contributed by atoms with Crippen LogP contribution in [0.2, 0.25) is 10.0 Å². The second-order valence-electron chi connectivity index (χ2n) is 8.23. The molecule has 5 nitrogen and oxygen atoms in total. The molecule has 162 valence electrons. The maximum atomic E-state index is 13.7. The van der Waals surface area contributed by atoms with Gasteiger partial charge in [-0.25, -0.2) is 4.79 Å². The molecule has 0 spiro atoms. The maximum absolute atomic E-state index is 13.7. The Kier molecular flexibility index (Phi) is 6.93. The van der Waals surface area contributed by atoms with Crippen LogP contribution in [-0.2, 0) is 9.59 Å². The van der Waals surface area contributed by atoms with Crippen LogP contribution in [0.4, 0.5) is 0 Å². The van der Waals surface area contributed by atoms with Gasteiger partial charge in [-0.15, -0.1) is 0 Å². The van der Waals surface area contributed by atoms with E-state index in [9.17, 15) is 20.0 Å². The summed E-state index contributed by atoms with van der Waals surface area (Å²) in [7, 11) is 0. The van der Waals surface area contributed by atoms with Gasteiger partial charge in [-0.3, -0.25) is 4.79 Å². The number of nitrogens with zero attached hydrogens (tertiary/aromatic N) is 2. The van der Waals surface area contributed by atoms with E-state index in [4.69, 9.17) is 23.2 Å². The Morgan fingerprint density at radius 1 is 1.23 bits per heavy atom. The number of nitriles is 1. The van der Waals surface area contributed by atoms with Gasteiger partial charge in [0.15, 0.2) is 0 Å². The Morgan fingerprint density at radius 3 is 2.45 bits per heavy atom. The van der Waals surface area contributed by atoms with Crippen molar-refractivity contribution in [2.45, 2.75) is 51.1 Å². The third-order valence-corrected chi connectivity index (χ3v) is 6.55. The normalized spacial score (nSPS) is 24.5. The van der Waals surface area contributed by atoms with Crippen LogP contribution in [0, 0.1) is 16.7 Å². The lowest BCUT2D eigenvalue weighted by atomic mass is 9.67. The number of halogens is 2. The van der Waals surface area contributed by atoms with Crippen molar-refractivity contribution in [3.05, 3.63) is 69.7 Å². The molecule has 1 heterocycles. The van der Waals surface area contributed by atoms with Crippen molar-refractivity contribution in [1.82, 2.24) is 4.90 Å². The highest BCUT2D eigenvalue weighted by Gasteiger charge is 2.52. The summed E-state index contributed by atoms with van der Waals surface area (Å²) in [5.41, 5.74) is 0.684. The molecule has 1 amide bonds. The third-order valence-electron chi connectivity index (χ3n) is 6.07. The van der Waals surface area contributed by atoms with Gasteiger partial charge in [0.25, 0.3) is 0 Å². The standard InChI is InChI=1S/C24H24Cl2N2O3/c1-3-20(22(29)30)28-21(15-7-9-17(25)10-8-15)19(16-5-4-6-18(26)13-16)14-24(2,11-12-27)23(28)31/h4-10,13,19-21H,3,11,14H2,1-2H3,(H,29,30)/t19-,20?,21-,24+/m1/s1. The summed E-state index contributed by atoms with van der Waals surface area (Å²) in [5.74, 6) is -1.63. The first-order valence-corrected chi connectivity index (χ1v) is 10.9. The first-order chi connectivity index (χ1) is 14.7. The SMILES string of the molecule is CCC(C(=O)O)N1C(=O)[C@@](C)(CC#N)C[C@H](c2cccc(Cl)c2)[C@H]1c1ccc(Cl)cc1. The molecule has 2 aromatic rings. The van der Waals surface area contributed by atoms with Crippen LogP contribution in [0.3, 0.4) is 0 Å². The fourth-order valence-corrected chi connectivity index (χ4v) is 4.88. The highest BCUT2D eigenvalue weighted by atomic mass is 35.5. The summed E-state index contributed by atoms with van der Waals surface area (Å²) >= 11 is 12.4. The Bertz CT molecular complexity index is 1020. The number of rotatable bonds is 6. The molecular weight excluding hydrogens is 435 g/mol. The summed E-state index contributed by atoms with van der Waals surface area (Å²) < 4.78 is 0. The van der Waals surface area contributed by atoms with Crippen LogP contribution >= 0.6 is 23.2 Å². The van der Waals surface area contributed by atoms with Gasteiger partial charge in [-0.05, 0) is 55.2 Å². The molecule has 1 saturated heterocycles. The number of likely N-dealkylation sites (tertiary alicyclic amines) is 1. The Balaban J connectivity index is 2.26. The van der Waals surface area contributed by atoms with Gasteiger partial charge in [0.2, 0.25) is 5.91 Å². The second kappa shape index (κ2) is 9.30. The van der Waals surface area contributed by atoms with Crippen LogP contribution in [0.5, 0.6) is 0 Å². The summed E-state index contributed by atoms with van der Waals surface area (Å²) in [6, 6.07) is 15.1. The van der Waals surface area contributed by atoms with Crippen molar-refractivity contribution in [3.8, 4) is 6.07 Å². The van der Waals surface area contributed by atoms with Gasteiger partial charge < -0.3 is 10.0 Å². The van der Waals surface area contributed by atoms with E-state index >= 15 is 0 Å². The van der Waals surface area contributed by atoms with Gasteiger partial charge in [0.05, 0.1) is 17.5 Å². The molecule has 3 rings (SSSR count). The zero-order valence-electron chi connectivity index (χ0n) is 17.4. The summed E-state index contributed by atoms with van der Waals surface area (Å²) in [6.45, 7) is 3.49. The number of carbonyl (C=O) groups is 2. The molecule has 1 unspecified atom stereocenters. The first kappa shape index (κ1) is 23.1. The quantitative estimate of drug-likeness (QED) is 0.589. The van der Waals surface area contributed by atoms with Crippen LogP contribution in [-0.4, -0.2) is 27.9 Å². The number of benzene rings is 2. The number of carboxylic acid groups (broad SMARTS) is 1. The topological polar surface area (TPSA) is 81.4 Å². The van der Waals surface area contributed by atoms with E-state index in [0.29, 0.717) is 16.5 Å². The number of hydrogen-bond acceptors (Lipinski definition) is 3. The lowest BCUT2D eigenvalue weighted by molar-refractivity contribution is -0.164. The van der Waals surface area contributed by atoms with Gasteiger partial charge >= 0.3 is 5.97 Å². The summed E-state index contributed by atoms with van der Waals surface area (Å²) in [6.07, 6.45) is 0.651. The zero-order valence-corrected chi connectivity index (χ0v) is 18.9. The Labute approximate surface area is 192 Å². The maximum Gasteiger partial charge on any atom is 0.326 e. The van der Waals surface area contributed by atoms with E-state index in [1.165, 1.54) is 4.90 Å². The second-order valence-corrected chi connectivity index (χ2v) is 9.11. The van der Waals surface area contributed by atoms with Crippen molar-refractivity contribution in [2.24, 2.45) is 5.41 Å². The summed E-state index contributed by atoms with van der Waals surface area (Å²) in [5, 5.41) is 20.5. The molecule has 0 saturated carbocycles. The van der Waals surface area contributed by atoms with Crippen LogP contribution < -0.4 is 0 Å². The molecule has 7 heteroatoms. The monoisotopic (exact) mass is 458 g/mol. The van der Waals surface area contributed by atoms with E-state index in [2.05, 4.69) is 6.07 Å². The fourth-order valence-electron chi connectivity index (χ4n) is 4.55. The minimum Gasteiger partial charge on any atom is -0.480 e. The number of aliphatic carboxylic acids is 1. The minimum absolute atomic E-state index is 0.00277. The average Bonchev–Trinajstić information content (AvgIpc) is 2.72. The zero-order chi connectivity index (χ0) is 22.8. The fraction of sp³-hybridized carbons (Fsp3) is 0.375. The molecule has 0 bridgehead atoms. The Morgan fingerprint density at radius 2 is 1.90 bits per heavy atom. The van der Waals surface area contributed by atoms with Gasteiger partial charge in [-0.1, -0.05) is 54.4 Å². The van der Waals surface area contributed by atoms with E-state index in [1.54, 1.807) is 32.0 Å². The van der Waals surface area contributed by atoms with Crippen molar-refractivity contribution in [3.63, 3.8) is 0 Å². The molecule has 1 fully saturated rings. The van der Waals surface area contributed by atoms with Gasteiger partial charge in [0.1, 0.15) is 6.04 Å². The minimum atomic E-state index is -1.07. The lowest BCUT2D eigenvalue weighted by Gasteiger charge is -2.50. The molecule has 0 aromatic heterocycles. The van der Waals surface area contributed by atoms with Gasteiger partial charge in [-0.2, -0.15) is 5.26 Å². The number of amides is 1. The number of carbonyl (C=O) groups excluding carboxylic acids is 1. The highest BCUT2D eigenvalue weighted by Crippen LogP contribution is 2.52. The van der Waals surface area contributed by atoms with E-state index in [-0.39, 0.29) is 24.7 Å². The highest BCUT2D eigenvalue weighted by molar-refractivity contribution is 6.30. The van der Waals surface area contributed by atoms with Gasteiger partial charge in [0, 0.05) is 22.4 Å². The van der Waals surface area contributed by atoms with Crippen molar-refractivity contribution in [1.29, 1.82) is 5.26 Å². The van der Waals surface area contributed by atoms with Crippen LogP contribution in [0.15, 0.2) is 48.5 Å². The molecule has 4 atom stereocenters. The molecule has 1 N–H and O–H groups in total. The lowest BCUT2D eigenvalue weighted by Crippen LogP contribution is -2.57. The van der Waals surface area contributed by atoms with Crippen molar-refractivity contribution in [2.75, 3.05) is 0 Å². The molecule has 2 aromatic carbocycles. The molecule has 1 aliphatic heterocycles.